The van der Waals surface area contributed by atoms with Gasteiger partial charge < -0.3 is 29.7 Å². The van der Waals surface area contributed by atoms with E-state index in [9.17, 15) is 43.4 Å². The summed E-state index contributed by atoms with van der Waals surface area (Å²) in [4.78, 5) is 39.2. The second-order valence-electron chi connectivity index (χ2n) is 11.2. The van der Waals surface area contributed by atoms with Crippen molar-refractivity contribution in [3.8, 4) is 23.1 Å². The Labute approximate surface area is 411 Å². The van der Waals surface area contributed by atoms with Crippen molar-refractivity contribution in [1.82, 2.24) is 29.6 Å². The van der Waals surface area contributed by atoms with E-state index in [1.807, 2.05) is 26.8 Å². The zero-order chi connectivity index (χ0) is 34.4. The second kappa shape index (κ2) is 17.5. The molecule has 3 heterocycles. The molecule has 50 heavy (non-hydrogen) atoms. The molecule has 0 aliphatic rings. The van der Waals surface area contributed by atoms with Crippen LogP contribution in [0.1, 0.15) is 63.1 Å². The molecule has 0 fully saturated rings. The molecule has 22 heteroatoms. The number of nitrogens with one attached hydrogen (secondary N) is 2. The Morgan fingerprint density at radius 1 is 0.920 bits per heavy atom. The molecule has 3 aromatic heterocycles. The van der Waals surface area contributed by atoms with Gasteiger partial charge in [0.05, 0.1) is 41.7 Å². The standard InChI is InChI=1S/C28H24N10O8S.3K/c1-28(2,3)21-20(24-31-22(35-38(24)34-21)13-5-14(25(39)40)8-18(7-13)36-47(4,45)46)32-33-23-17(11-29)12-30-37(23)19-9-15(26(41)42)6-16(10-19)27(43)44;;;/h5-10,12,34,36H,1-4H3,(H,39,40)(H,41,42)(H,43,44);;;/q;3*+1/p-3. The van der Waals surface area contributed by atoms with E-state index in [4.69, 9.17) is 0 Å². The van der Waals surface area contributed by atoms with E-state index >= 15 is 0 Å². The molecule has 0 amide bonds. The number of nitriles is 1. The zero-order valence-electron chi connectivity index (χ0n) is 27.8. The van der Waals surface area contributed by atoms with Crippen LogP contribution < -0.4 is 174 Å². The quantitative estimate of drug-likeness (QED) is 0.104. The number of fused-ring (bicyclic) bond motifs is 1. The van der Waals surface area contributed by atoms with Crippen LogP contribution in [0.3, 0.4) is 0 Å². The summed E-state index contributed by atoms with van der Waals surface area (Å²) in [6.45, 7) is 5.55. The number of aromatic carboxylic acids is 3. The number of carboxylic acid groups (broad SMARTS) is 3. The van der Waals surface area contributed by atoms with Crippen molar-refractivity contribution in [1.29, 1.82) is 5.26 Å². The van der Waals surface area contributed by atoms with E-state index in [1.165, 1.54) is 16.8 Å². The number of nitrogens with zero attached hydrogens (tertiary/aromatic N) is 8. The average Bonchev–Trinajstić information content (AvgIpc) is 3.67. The fourth-order valence-corrected chi connectivity index (χ4v) is 5.02. The topological polar surface area (TPSA) is 279 Å². The Bertz CT molecular complexity index is 2290. The molecular formula is C28H21K3N10O8S. The number of hydrogen-bond acceptors (Lipinski definition) is 14. The first kappa shape index (κ1) is 44.6. The Balaban J connectivity index is 0.00000289. The molecule has 0 bridgehead atoms. The SMILES string of the molecule is CC(C)(C)c1[nH]n2nc(-c3cc(NS(C)(=O)=O)cc(C(=O)[O-])c3)nc2c1N=Nc1c(C#N)cnn1-c1cc(C(=O)[O-])cc(C(=O)[O-])c1.[K+].[K+].[K+]. The number of carboxylic acids is 3. The third-order valence-corrected chi connectivity index (χ3v) is 7.10. The maximum absolute atomic E-state index is 11.8. The molecule has 0 spiro atoms. The predicted octanol–water partition coefficient (Wildman–Crippen LogP) is -9.03. The first-order valence-electron chi connectivity index (χ1n) is 13.3. The Kier molecular flexibility index (Phi) is 15.7. The summed E-state index contributed by atoms with van der Waals surface area (Å²) in [7, 11) is -3.77. The molecule has 0 unspecified atom stereocenters. The van der Waals surface area contributed by atoms with Gasteiger partial charge in [0.25, 0.3) is 0 Å². The minimum atomic E-state index is -3.77. The number of carbonyl (C=O) groups excluding carboxylic acids is 3. The maximum atomic E-state index is 11.8. The summed E-state index contributed by atoms with van der Waals surface area (Å²) in [6, 6.07) is 8.49. The van der Waals surface area contributed by atoms with E-state index in [0.29, 0.717) is 5.69 Å². The fraction of sp³-hybridized carbons (Fsp3) is 0.179. The van der Waals surface area contributed by atoms with Gasteiger partial charge in [-0.25, -0.2) is 18.1 Å². The van der Waals surface area contributed by atoms with Gasteiger partial charge in [0, 0.05) is 16.7 Å². The molecule has 0 aliphatic heterocycles. The van der Waals surface area contributed by atoms with Crippen molar-refractivity contribution >= 4 is 50.8 Å². The summed E-state index contributed by atoms with van der Waals surface area (Å²) in [5, 5.41) is 64.5. The van der Waals surface area contributed by atoms with Gasteiger partial charge >= 0.3 is 154 Å². The summed E-state index contributed by atoms with van der Waals surface area (Å²) in [5.74, 6) is -5.11. The van der Waals surface area contributed by atoms with Gasteiger partial charge in [-0.3, -0.25) is 9.82 Å². The molecule has 2 N–H and O–H groups in total. The molecule has 18 nitrogen and oxygen atoms in total. The molecule has 2 aromatic carbocycles. The number of anilines is 1. The fourth-order valence-electron chi connectivity index (χ4n) is 4.47. The number of hydrogen-bond donors (Lipinski definition) is 2. The van der Waals surface area contributed by atoms with Crippen molar-refractivity contribution in [3.05, 3.63) is 70.5 Å². The summed E-state index contributed by atoms with van der Waals surface area (Å²) < 4.78 is 28.1. The molecule has 0 aliphatic carbocycles. The molecule has 0 radical (unpaired) electrons. The van der Waals surface area contributed by atoms with Crippen molar-refractivity contribution in [2.45, 2.75) is 26.2 Å². The van der Waals surface area contributed by atoms with E-state index in [2.05, 4.69) is 35.2 Å². The second-order valence-corrected chi connectivity index (χ2v) is 12.9. The first-order chi connectivity index (χ1) is 21.9. The molecular weight excluding hydrogens is 754 g/mol. The van der Waals surface area contributed by atoms with Crippen molar-refractivity contribution in [3.63, 3.8) is 0 Å². The normalized spacial score (nSPS) is 11.3. The number of azo groups is 1. The van der Waals surface area contributed by atoms with Crippen LogP contribution >= 0.6 is 0 Å². The van der Waals surface area contributed by atoms with Gasteiger partial charge in [-0.2, -0.15) is 15.0 Å². The zero-order valence-corrected chi connectivity index (χ0v) is 38.0. The van der Waals surface area contributed by atoms with Crippen molar-refractivity contribution in [2.24, 2.45) is 10.2 Å². The van der Waals surface area contributed by atoms with Crippen LogP contribution in [0.2, 0.25) is 0 Å². The van der Waals surface area contributed by atoms with Crippen LogP contribution in [0.5, 0.6) is 0 Å². The number of aromatic nitrogens is 6. The van der Waals surface area contributed by atoms with Crippen LogP contribution in [0.15, 0.2) is 52.8 Å². The number of rotatable bonds is 9. The Morgan fingerprint density at radius 2 is 1.50 bits per heavy atom. The average molecular weight is 775 g/mol. The van der Waals surface area contributed by atoms with E-state index in [0.717, 1.165) is 41.4 Å². The number of carbonyl (C=O) groups is 3. The van der Waals surface area contributed by atoms with Gasteiger partial charge in [-0.15, -0.1) is 15.3 Å². The van der Waals surface area contributed by atoms with Gasteiger partial charge in [0.1, 0.15) is 11.6 Å². The van der Waals surface area contributed by atoms with E-state index in [-0.39, 0.29) is 205 Å². The van der Waals surface area contributed by atoms with Gasteiger partial charge in [-0.1, -0.05) is 20.8 Å². The summed E-state index contributed by atoms with van der Waals surface area (Å²) in [5.41, 5.74) is -1.35. The number of sulfonamides is 1. The van der Waals surface area contributed by atoms with E-state index < -0.39 is 44.5 Å². The summed E-state index contributed by atoms with van der Waals surface area (Å²) >= 11 is 0. The van der Waals surface area contributed by atoms with Crippen molar-refractivity contribution in [2.75, 3.05) is 11.0 Å². The third-order valence-electron chi connectivity index (χ3n) is 6.50. The van der Waals surface area contributed by atoms with Gasteiger partial charge in [0.2, 0.25) is 15.7 Å². The smallest absolute Gasteiger partial charge is 0.545 e. The Hall–Kier alpha value is -1.51. The largest absolute Gasteiger partial charge is 1.00 e. The molecule has 0 atom stereocenters. The molecule has 240 valence electrons. The molecule has 0 saturated carbocycles. The Morgan fingerprint density at radius 3 is 2.02 bits per heavy atom. The van der Waals surface area contributed by atoms with Crippen LogP contribution in [0, 0.1) is 11.3 Å². The van der Waals surface area contributed by atoms with Crippen molar-refractivity contribution < 1.29 is 192 Å². The summed E-state index contributed by atoms with van der Waals surface area (Å²) in [6.07, 6.45) is 2.02. The monoisotopic (exact) mass is 774 g/mol. The number of aromatic amines is 1. The van der Waals surface area contributed by atoms with Gasteiger partial charge in [-0.05, 0) is 53.1 Å². The van der Waals surface area contributed by atoms with Gasteiger partial charge in [0.15, 0.2) is 17.3 Å². The van der Waals surface area contributed by atoms with E-state index in [1.54, 1.807) is 0 Å². The molecule has 5 aromatic rings. The molecule has 0 saturated heterocycles. The van der Waals surface area contributed by atoms with Crippen LogP contribution in [0.4, 0.5) is 17.2 Å². The van der Waals surface area contributed by atoms with Crippen LogP contribution in [-0.2, 0) is 15.4 Å². The number of H-pyrrole nitrogens is 1. The van der Waals surface area contributed by atoms with Crippen LogP contribution in [-0.4, -0.2) is 62.2 Å². The minimum absolute atomic E-state index is 0. The number of benzene rings is 2. The molecule has 5 rings (SSSR count). The maximum Gasteiger partial charge on any atom is 1.00 e. The minimum Gasteiger partial charge on any atom is -0.545 e. The first-order valence-corrected chi connectivity index (χ1v) is 15.2. The third kappa shape index (κ3) is 10.1. The van der Waals surface area contributed by atoms with Crippen LogP contribution in [0.25, 0.3) is 22.7 Å². The predicted molar refractivity (Wildman–Crippen MR) is 155 cm³/mol.